The lowest BCUT2D eigenvalue weighted by Gasteiger charge is -2.09. The number of anilines is 2. The van der Waals surface area contributed by atoms with Gasteiger partial charge in [0.2, 0.25) is 0 Å². The van der Waals surface area contributed by atoms with Crippen LogP contribution in [0.4, 0.5) is 11.4 Å². The van der Waals surface area contributed by atoms with Crippen molar-refractivity contribution in [3.05, 3.63) is 47.9 Å². The number of ether oxygens (including phenoxy) is 1. The number of nitrogens with two attached hydrogens (primary N) is 1. The third kappa shape index (κ3) is 3.39. The van der Waals surface area contributed by atoms with E-state index in [1.165, 1.54) is 6.20 Å². The Hall–Kier alpha value is -3.46. The number of fused-ring (bicyclic) bond motifs is 1. The van der Waals surface area contributed by atoms with E-state index >= 15 is 0 Å². The number of aryl methyl sites for hydroxylation is 1. The summed E-state index contributed by atoms with van der Waals surface area (Å²) in [6.07, 6.45) is 2.30. The molecule has 0 saturated carbocycles. The maximum atomic E-state index is 12.6. The standard InChI is InChI=1S/C19H20N6O3/c1-25-15-9-11(22-19(27)17-14(20)3-2-7-21-17)4-5-13(15)16(24-25)18(26)23-12-6-8-28-10-12/h2-5,7,9,12H,6,8,10,20H2,1H3,(H,22,27)(H,23,26). The third-order valence-electron chi connectivity index (χ3n) is 4.64. The van der Waals surface area contributed by atoms with Crippen LogP contribution in [0.3, 0.4) is 0 Å². The molecule has 1 saturated heterocycles. The van der Waals surface area contributed by atoms with E-state index < -0.39 is 5.91 Å². The Morgan fingerprint density at radius 1 is 1.25 bits per heavy atom. The first-order valence-corrected chi connectivity index (χ1v) is 8.90. The van der Waals surface area contributed by atoms with Crippen molar-refractivity contribution in [3.8, 4) is 0 Å². The topological polar surface area (TPSA) is 124 Å². The molecule has 3 heterocycles. The number of nitrogen functional groups attached to an aromatic ring is 1. The van der Waals surface area contributed by atoms with Crippen LogP contribution in [0.2, 0.25) is 0 Å². The van der Waals surface area contributed by atoms with Crippen molar-refractivity contribution in [2.45, 2.75) is 12.5 Å². The van der Waals surface area contributed by atoms with Crippen LogP contribution in [0.15, 0.2) is 36.5 Å². The average molecular weight is 380 g/mol. The number of hydrogen-bond acceptors (Lipinski definition) is 6. The molecule has 1 aliphatic heterocycles. The Labute approximate surface area is 160 Å². The summed E-state index contributed by atoms with van der Waals surface area (Å²) in [5.74, 6) is -0.641. The van der Waals surface area contributed by atoms with Gasteiger partial charge in [-0.05, 0) is 36.8 Å². The van der Waals surface area contributed by atoms with Crippen LogP contribution in [-0.2, 0) is 11.8 Å². The number of pyridine rings is 1. The molecule has 1 aromatic carbocycles. The fourth-order valence-corrected chi connectivity index (χ4v) is 3.20. The van der Waals surface area contributed by atoms with Gasteiger partial charge in [0.15, 0.2) is 11.4 Å². The van der Waals surface area contributed by atoms with Crippen LogP contribution >= 0.6 is 0 Å². The SMILES string of the molecule is Cn1nc(C(=O)NC2CCOC2)c2ccc(NC(=O)c3ncccc3N)cc21. The van der Waals surface area contributed by atoms with Crippen LogP contribution in [0.1, 0.15) is 27.4 Å². The average Bonchev–Trinajstić information content (AvgIpc) is 3.30. The highest BCUT2D eigenvalue weighted by atomic mass is 16.5. The molecule has 4 rings (SSSR count). The number of amides is 2. The van der Waals surface area contributed by atoms with E-state index in [-0.39, 0.29) is 17.6 Å². The van der Waals surface area contributed by atoms with Gasteiger partial charge in [-0.1, -0.05) is 0 Å². The molecular formula is C19H20N6O3. The number of aromatic nitrogens is 3. The highest BCUT2D eigenvalue weighted by molar-refractivity contribution is 6.08. The van der Waals surface area contributed by atoms with Crippen LogP contribution in [0, 0.1) is 0 Å². The lowest BCUT2D eigenvalue weighted by atomic mass is 10.1. The van der Waals surface area contributed by atoms with Gasteiger partial charge in [-0.25, -0.2) is 4.98 Å². The van der Waals surface area contributed by atoms with E-state index in [0.717, 1.165) is 11.9 Å². The minimum atomic E-state index is -0.404. The maximum absolute atomic E-state index is 12.6. The normalized spacial score (nSPS) is 16.2. The van der Waals surface area contributed by atoms with Crippen LogP contribution in [-0.4, -0.2) is 45.8 Å². The Balaban J connectivity index is 1.58. The predicted molar refractivity (Wildman–Crippen MR) is 104 cm³/mol. The minimum Gasteiger partial charge on any atom is -0.397 e. The Bertz CT molecular complexity index is 1060. The summed E-state index contributed by atoms with van der Waals surface area (Å²) < 4.78 is 6.90. The Morgan fingerprint density at radius 2 is 2.11 bits per heavy atom. The first kappa shape index (κ1) is 17.9. The van der Waals surface area contributed by atoms with Crippen LogP contribution in [0.25, 0.3) is 10.9 Å². The molecule has 9 heteroatoms. The lowest BCUT2D eigenvalue weighted by molar-refractivity contribution is 0.0925. The van der Waals surface area contributed by atoms with Gasteiger partial charge in [0.25, 0.3) is 11.8 Å². The van der Waals surface area contributed by atoms with E-state index in [1.807, 2.05) is 0 Å². The lowest BCUT2D eigenvalue weighted by Crippen LogP contribution is -2.35. The molecule has 9 nitrogen and oxygen atoms in total. The number of carbonyl (C=O) groups is 2. The fourth-order valence-electron chi connectivity index (χ4n) is 3.20. The van der Waals surface area contributed by atoms with E-state index in [2.05, 4.69) is 20.7 Å². The minimum absolute atomic E-state index is 0.00643. The molecule has 0 spiro atoms. The summed E-state index contributed by atoms with van der Waals surface area (Å²) in [4.78, 5) is 29.0. The monoisotopic (exact) mass is 380 g/mol. The number of nitrogens with zero attached hydrogens (tertiary/aromatic N) is 3. The summed E-state index contributed by atoms with van der Waals surface area (Å²) in [6.45, 7) is 1.17. The molecular weight excluding hydrogens is 360 g/mol. The van der Waals surface area contributed by atoms with Gasteiger partial charge < -0.3 is 21.1 Å². The molecule has 1 unspecified atom stereocenters. The van der Waals surface area contributed by atoms with Gasteiger partial charge >= 0.3 is 0 Å². The Kier molecular flexibility index (Phi) is 4.66. The summed E-state index contributed by atoms with van der Waals surface area (Å²) in [7, 11) is 1.75. The van der Waals surface area contributed by atoms with Crippen molar-refractivity contribution in [3.63, 3.8) is 0 Å². The number of rotatable bonds is 4. The van der Waals surface area contributed by atoms with Gasteiger partial charge in [-0.15, -0.1) is 0 Å². The van der Waals surface area contributed by atoms with Crippen LogP contribution < -0.4 is 16.4 Å². The molecule has 3 aromatic rings. The fraction of sp³-hybridized carbons (Fsp3) is 0.263. The van der Waals surface area contributed by atoms with Crippen molar-refractivity contribution < 1.29 is 14.3 Å². The zero-order chi connectivity index (χ0) is 19.7. The van der Waals surface area contributed by atoms with E-state index in [9.17, 15) is 9.59 Å². The maximum Gasteiger partial charge on any atom is 0.276 e. The van der Waals surface area contributed by atoms with Crippen molar-refractivity contribution in [1.29, 1.82) is 0 Å². The molecule has 1 atom stereocenters. The van der Waals surface area contributed by atoms with Gasteiger partial charge in [-0.2, -0.15) is 5.10 Å². The third-order valence-corrected chi connectivity index (χ3v) is 4.64. The molecule has 1 fully saturated rings. The van der Waals surface area contributed by atoms with E-state index in [0.29, 0.717) is 35.7 Å². The van der Waals surface area contributed by atoms with E-state index in [1.54, 1.807) is 42.1 Å². The van der Waals surface area contributed by atoms with Gasteiger partial charge in [0.1, 0.15) is 0 Å². The van der Waals surface area contributed by atoms with Crippen molar-refractivity contribution in [1.82, 2.24) is 20.1 Å². The molecule has 4 N–H and O–H groups in total. The summed E-state index contributed by atoms with van der Waals surface area (Å²) in [5, 5.41) is 10.8. The summed E-state index contributed by atoms with van der Waals surface area (Å²) in [5.41, 5.74) is 7.89. The van der Waals surface area contributed by atoms with Crippen molar-refractivity contribution >= 4 is 34.1 Å². The van der Waals surface area contributed by atoms with Crippen LogP contribution in [0.5, 0.6) is 0 Å². The molecule has 0 radical (unpaired) electrons. The summed E-state index contributed by atoms with van der Waals surface area (Å²) in [6, 6.07) is 8.53. The largest absolute Gasteiger partial charge is 0.397 e. The molecule has 144 valence electrons. The number of carbonyl (C=O) groups excluding carboxylic acids is 2. The first-order valence-electron chi connectivity index (χ1n) is 8.90. The number of benzene rings is 1. The second-order valence-electron chi connectivity index (χ2n) is 6.63. The first-order chi connectivity index (χ1) is 13.5. The predicted octanol–water partition coefficient (Wildman–Crippen LogP) is 1.32. The zero-order valence-electron chi connectivity index (χ0n) is 15.3. The number of hydrogen-bond donors (Lipinski definition) is 3. The highest BCUT2D eigenvalue weighted by Crippen LogP contribution is 2.23. The summed E-state index contributed by atoms with van der Waals surface area (Å²) >= 11 is 0. The zero-order valence-corrected chi connectivity index (χ0v) is 15.3. The van der Waals surface area contributed by atoms with E-state index in [4.69, 9.17) is 10.5 Å². The molecule has 2 amide bonds. The van der Waals surface area contributed by atoms with Crippen molar-refractivity contribution in [2.24, 2.45) is 7.05 Å². The number of nitrogens with one attached hydrogen (secondary N) is 2. The van der Waals surface area contributed by atoms with Gasteiger partial charge in [-0.3, -0.25) is 14.3 Å². The molecule has 1 aliphatic rings. The van der Waals surface area contributed by atoms with Gasteiger partial charge in [0.05, 0.1) is 23.9 Å². The van der Waals surface area contributed by atoms with Crippen molar-refractivity contribution in [2.75, 3.05) is 24.3 Å². The molecule has 28 heavy (non-hydrogen) atoms. The Morgan fingerprint density at radius 3 is 2.86 bits per heavy atom. The molecule has 2 aromatic heterocycles. The molecule has 0 aliphatic carbocycles. The second kappa shape index (κ2) is 7.28. The quantitative estimate of drug-likeness (QED) is 0.627. The second-order valence-corrected chi connectivity index (χ2v) is 6.63. The highest BCUT2D eigenvalue weighted by Gasteiger charge is 2.22. The molecule has 0 bridgehead atoms. The smallest absolute Gasteiger partial charge is 0.276 e. The van der Waals surface area contributed by atoms with Gasteiger partial charge in [0, 0.05) is 30.9 Å².